The molecule has 1 aromatic carbocycles. The molecule has 1 aromatic rings. The van der Waals surface area contributed by atoms with E-state index in [-0.39, 0.29) is 0 Å². The minimum Gasteiger partial charge on any atom is -0.508 e. The number of nitrogens with zero attached hydrogens (tertiary/aromatic N) is 1. The van der Waals surface area contributed by atoms with E-state index in [9.17, 15) is 5.11 Å². The van der Waals surface area contributed by atoms with Gasteiger partial charge in [0.25, 0.3) is 0 Å². The highest BCUT2D eigenvalue weighted by atomic mass is 16.3. The molecule has 0 spiro atoms. The van der Waals surface area contributed by atoms with Crippen LogP contribution < -0.4 is 5.32 Å². The first kappa shape index (κ1) is 14.0. The molecule has 0 heterocycles. The summed E-state index contributed by atoms with van der Waals surface area (Å²) in [6.45, 7) is 8.48. The fraction of sp³-hybridized carbons (Fsp3) is 0.571. The Morgan fingerprint density at radius 3 is 2.47 bits per heavy atom. The van der Waals surface area contributed by atoms with Gasteiger partial charge in [0.2, 0.25) is 0 Å². The lowest BCUT2D eigenvalue weighted by Crippen LogP contribution is -2.30. The maximum absolute atomic E-state index is 9.19. The molecule has 0 aliphatic rings. The van der Waals surface area contributed by atoms with E-state index >= 15 is 0 Å². The van der Waals surface area contributed by atoms with Crippen LogP contribution in [-0.4, -0.2) is 36.7 Å². The average Bonchev–Trinajstić information content (AvgIpc) is 2.27. The van der Waals surface area contributed by atoms with Gasteiger partial charge < -0.3 is 15.3 Å². The summed E-state index contributed by atoms with van der Waals surface area (Å²) in [5, 5.41) is 12.6. The first-order chi connectivity index (χ1) is 8.08. The molecule has 2 N–H and O–H groups in total. The highest BCUT2D eigenvalue weighted by molar-refractivity contribution is 5.25. The molecule has 3 nitrogen and oxygen atoms in total. The molecule has 0 radical (unpaired) electrons. The Hall–Kier alpha value is -1.06. The normalized spacial score (nSPS) is 11.4. The number of phenols is 1. The number of hydrogen-bond acceptors (Lipinski definition) is 3. The summed E-state index contributed by atoms with van der Waals surface area (Å²) < 4.78 is 0. The quantitative estimate of drug-likeness (QED) is 0.711. The number of aromatic hydroxyl groups is 1. The van der Waals surface area contributed by atoms with Crippen LogP contribution in [0.3, 0.4) is 0 Å². The Bertz CT molecular complexity index is 309. The zero-order valence-corrected chi connectivity index (χ0v) is 11.1. The smallest absolute Gasteiger partial charge is 0.115 e. The lowest BCUT2D eigenvalue weighted by atomic mass is 10.2. The molecule has 0 aliphatic carbocycles. The fourth-order valence-corrected chi connectivity index (χ4v) is 1.65. The molecule has 3 heteroatoms. The number of likely N-dealkylation sites (N-methyl/N-ethyl adjacent to an activating group) is 1. The maximum Gasteiger partial charge on any atom is 0.115 e. The molecule has 0 saturated carbocycles. The molecule has 0 aromatic heterocycles. The van der Waals surface area contributed by atoms with Gasteiger partial charge in [-0.15, -0.1) is 0 Å². The van der Waals surface area contributed by atoms with Crippen molar-refractivity contribution in [3.63, 3.8) is 0 Å². The van der Waals surface area contributed by atoms with Gasteiger partial charge in [-0.2, -0.15) is 0 Å². The molecule has 0 bridgehead atoms. The summed E-state index contributed by atoms with van der Waals surface area (Å²) in [4.78, 5) is 2.28. The minimum atomic E-state index is 0.329. The molecule has 0 unspecified atom stereocenters. The molecule has 0 atom stereocenters. The highest BCUT2D eigenvalue weighted by Gasteiger charge is 2.00. The Morgan fingerprint density at radius 2 is 1.88 bits per heavy atom. The third kappa shape index (κ3) is 6.29. The van der Waals surface area contributed by atoms with Crippen molar-refractivity contribution in [3.05, 3.63) is 29.8 Å². The molecule has 0 amide bonds. The first-order valence-electron chi connectivity index (χ1n) is 6.25. The van der Waals surface area contributed by atoms with Crippen molar-refractivity contribution in [2.24, 2.45) is 5.92 Å². The van der Waals surface area contributed by atoms with Gasteiger partial charge in [0, 0.05) is 19.6 Å². The second kappa shape index (κ2) is 7.30. The van der Waals surface area contributed by atoms with Crippen LogP contribution in [0.5, 0.6) is 5.75 Å². The molecule has 1 rings (SSSR count). The second-order valence-electron chi connectivity index (χ2n) is 5.00. The molecule has 0 aliphatic heterocycles. The van der Waals surface area contributed by atoms with E-state index in [0.29, 0.717) is 11.7 Å². The van der Waals surface area contributed by atoms with Crippen LogP contribution in [0.1, 0.15) is 19.4 Å². The maximum atomic E-state index is 9.19. The molecule has 17 heavy (non-hydrogen) atoms. The van der Waals surface area contributed by atoms with Gasteiger partial charge in [-0.1, -0.05) is 26.0 Å². The van der Waals surface area contributed by atoms with Gasteiger partial charge in [-0.25, -0.2) is 0 Å². The third-order valence-corrected chi connectivity index (χ3v) is 2.61. The van der Waals surface area contributed by atoms with Crippen molar-refractivity contribution in [3.8, 4) is 5.75 Å². The predicted octanol–water partition coefficient (Wildman–Crippen LogP) is 2.07. The highest BCUT2D eigenvalue weighted by Crippen LogP contribution is 2.10. The van der Waals surface area contributed by atoms with E-state index in [4.69, 9.17) is 0 Å². The minimum absolute atomic E-state index is 0.329. The lowest BCUT2D eigenvalue weighted by Gasteiger charge is -2.17. The van der Waals surface area contributed by atoms with E-state index in [1.807, 2.05) is 12.1 Å². The van der Waals surface area contributed by atoms with Crippen molar-refractivity contribution in [2.45, 2.75) is 20.4 Å². The summed E-state index contributed by atoms with van der Waals surface area (Å²) in [6, 6.07) is 7.40. The number of hydrogen-bond donors (Lipinski definition) is 2. The second-order valence-corrected chi connectivity index (χ2v) is 5.00. The Morgan fingerprint density at radius 1 is 1.24 bits per heavy atom. The van der Waals surface area contributed by atoms with Gasteiger partial charge in [-0.3, -0.25) is 0 Å². The van der Waals surface area contributed by atoms with E-state index in [1.54, 1.807) is 12.1 Å². The Balaban J connectivity index is 2.20. The molecule has 96 valence electrons. The van der Waals surface area contributed by atoms with E-state index in [1.165, 1.54) is 5.56 Å². The van der Waals surface area contributed by atoms with Gasteiger partial charge in [0.1, 0.15) is 5.75 Å². The molecule has 0 fully saturated rings. The summed E-state index contributed by atoms with van der Waals surface area (Å²) in [5.41, 5.74) is 1.23. The van der Waals surface area contributed by atoms with E-state index < -0.39 is 0 Å². The Kier molecular flexibility index (Phi) is 6.01. The van der Waals surface area contributed by atoms with Crippen LogP contribution in [0, 0.1) is 5.92 Å². The number of benzene rings is 1. The third-order valence-electron chi connectivity index (χ3n) is 2.61. The fourth-order valence-electron chi connectivity index (χ4n) is 1.65. The van der Waals surface area contributed by atoms with Crippen LogP contribution in [0.4, 0.5) is 0 Å². The summed E-state index contributed by atoms with van der Waals surface area (Å²) in [6.07, 6.45) is 0. The van der Waals surface area contributed by atoms with Crippen molar-refractivity contribution in [2.75, 3.05) is 26.7 Å². The zero-order valence-electron chi connectivity index (χ0n) is 11.1. The summed E-state index contributed by atoms with van der Waals surface area (Å²) in [5.74, 6) is 1.03. The molecular formula is C14H24N2O. The monoisotopic (exact) mass is 236 g/mol. The summed E-state index contributed by atoms with van der Waals surface area (Å²) in [7, 11) is 2.11. The molecule has 0 saturated heterocycles. The van der Waals surface area contributed by atoms with Gasteiger partial charge >= 0.3 is 0 Å². The van der Waals surface area contributed by atoms with Crippen LogP contribution in [0.15, 0.2) is 24.3 Å². The predicted molar refractivity (Wildman–Crippen MR) is 72.1 cm³/mol. The SMILES string of the molecule is CC(C)CNCCN(C)Cc1ccc(O)cc1. The number of nitrogens with one attached hydrogen (secondary N) is 1. The van der Waals surface area contributed by atoms with Crippen LogP contribution in [0.2, 0.25) is 0 Å². The van der Waals surface area contributed by atoms with Crippen LogP contribution >= 0.6 is 0 Å². The van der Waals surface area contributed by atoms with Crippen molar-refractivity contribution in [1.29, 1.82) is 0 Å². The van der Waals surface area contributed by atoms with E-state index in [0.717, 1.165) is 26.2 Å². The largest absolute Gasteiger partial charge is 0.508 e. The van der Waals surface area contributed by atoms with Gasteiger partial charge in [0.15, 0.2) is 0 Å². The molecular weight excluding hydrogens is 212 g/mol. The van der Waals surface area contributed by atoms with Crippen molar-refractivity contribution >= 4 is 0 Å². The number of rotatable bonds is 7. The standard InChI is InChI=1S/C14H24N2O/c1-12(2)10-15-8-9-16(3)11-13-4-6-14(17)7-5-13/h4-7,12,15,17H,8-11H2,1-3H3. The van der Waals surface area contributed by atoms with Crippen LogP contribution in [-0.2, 0) is 6.54 Å². The first-order valence-corrected chi connectivity index (χ1v) is 6.25. The lowest BCUT2D eigenvalue weighted by molar-refractivity contribution is 0.321. The summed E-state index contributed by atoms with van der Waals surface area (Å²) >= 11 is 0. The topological polar surface area (TPSA) is 35.5 Å². The Labute approximate surface area is 104 Å². The zero-order chi connectivity index (χ0) is 12.7. The number of phenolic OH excluding ortho intramolecular Hbond substituents is 1. The van der Waals surface area contributed by atoms with Crippen LogP contribution in [0.25, 0.3) is 0 Å². The van der Waals surface area contributed by atoms with Crippen molar-refractivity contribution < 1.29 is 5.11 Å². The van der Waals surface area contributed by atoms with Gasteiger partial charge in [0.05, 0.1) is 0 Å². The van der Waals surface area contributed by atoms with Crippen molar-refractivity contribution in [1.82, 2.24) is 10.2 Å². The average molecular weight is 236 g/mol. The van der Waals surface area contributed by atoms with E-state index in [2.05, 4.69) is 31.1 Å². The van der Waals surface area contributed by atoms with Gasteiger partial charge in [-0.05, 0) is 37.2 Å².